The number of amides is 1. The van der Waals surface area contributed by atoms with Gasteiger partial charge in [0.05, 0.1) is 35.7 Å². The number of hydrogen-bond acceptors (Lipinski definition) is 9. The Morgan fingerprint density at radius 1 is 1.29 bits per heavy atom. The first-order valence-corrected chi connectivity index (χ1v) is 14.2. The lowest BCUT2D eigenvalue weighted by atomic mass is 10.0. The van der Waals surface area contributed by atoms with Crippen molar-refractivity contribution in [1.29, 1.82) is 5.26 Å². The van der Waals surface area contributed by atoms with Gasteiger partial charge < -0.3 is 9.64 Å². The van der Waals surface area contributed by atoms with Gasteiger partial charge in [-0.25, -0.2) is 8.42 Å². The van der Waals surface area contributed by atoms with Crippen LogP contribution in [0.5, 0.6) is 0 Å². The van der Waals surface area contributed by atoms with Gasteiger partial charge in [0.2, 0.25) is 0 Å². The Labute approximate surface area is 208 Å². The molecular formula is C22H26N4O5S3. The number of carbonyl (C=O) groups is 1. The van der Waals surface area contributed by atoms with Gasteiger partial charge in [-0.15, -0.1) is 0 Å². The van der Waals surface area contributed by atoms with E-state index in [1.807, 2.05) is 13.0 Å². The summed E-state index contributed by atoms with van der Waals surface area (Å²) in [6, 6.07) is 1.57. The van der Waals surface area contributed by atoms with Crippen LogP contribution in [0.1, 0.15) is 36.5 Å². The molecule has 0 saturated carbocycles. The Morgan fingerprint density at radius 2 is 2.00 bits per heavy atom. The van der Waals surface area contributed by atoms with Crippen molar-refractivity contribution in [2.45, 2.75) is 39.3 Å². The lowest BCUT2D eigenvalue weighted by molar-refractivity contribution is -0.123. The van der Waals surface area contributed by atoms with E-state index in [-0.39, 0.29) is 28.5 Å². The van der Waals surface area contributed by atoms with Crippen molar-refractivity contribution in [2.24, 2.45) is 0 Å². The van der Waals surface area contributed by atoms with Crippen LogP contribution in [-0.2, 0) is 25.9 Å². The number of hydrogen-bond donors (Lipinski definition) is 0. The third-order valence-corrected chi connectivity index (χ3v) is 9.36. The molecule has 0 N–H and O–H groups in total. The van der Waals surface area contributed by atoms with E-state index >= 15 is 0 Å². The van der Waals surface area contributed by atoms with Crippen molar-refractivity contribution < 1.29 is 17.9 Å². The molecule has 1 amide bonds. The molecule has 1 aromatic heterocycles. The molecule has 0 aromatic carbocycles. The van der Waals surface area contributed by atoms with Gasteiger partial charge >= 0.3 is 0 Å². The number of sulfone groups is 1. The van der Waals surface area contributed by atoms with Crippen LogP contribution >= 0.6 is 24.0 Å². The summed E-state index contributed by atoms with van der Waals surface area (Å²) < 4.78 is 31.4. The number of aromatic nitrogens is 1. The Kier molecular flexibility index (Phi) is 7.19. The maximum Gasteiger partial charge on any atom is 0.270 e. The molecule has 3 saturated heterocycles. The van der Waals surface area contributed by atoms with Crippen molar-refractivity contribution in [1.82, 2.24) is 9.47 Å². The zero-order chi connectivity index (χ0) is 24.6. The summed E-state index contributed by atoms with van der Waals surface area (Å²) in [6.45, 7) is 6.29. The minimum atomic E-state index is -3.18. The number of pyridine rings is 1. The Hall–Kier alpha value is -2.20. The van der Waals surface area contributed by atoms with Gasteiger partial charge in [-0.3, -0.25) is 19.1 Å². The molecule has 1 aromatic rings. The number of rotatable bonds is 5. The summed E-state index contributed by atoms with van der Waals surface area (Å²) in [5.74, 6) is 0.281. The molecule has 1 unspecified atom stereocenters. The van der Waals surface area contributed by atoms with Crippen LogP contribution in [0.25, 0.3) is 6.08 Å². The van der Waals surface area contributed by atoms with Crippen molar-refractivity contribution >= 4 is 55.9 Å². The predicted molar refractivity (Wildman–Crippen MR) is 136 cm³/mol. The molecule has 9 nitrogen and oxygen atoms in total. The molecule has 4 rings (SSSR count). The van der Waals surface area contributed by atoms with Gasteiger partial charge in [-0.05, 0) is 31.4 Å². The van der Waals surface area contributed by atoms with Crippen LogP contribution in [-0.4, -0.2) is 72.0 Å². The van der Waals surface area contributed by atoms with Crippen LogP contribution in [0.15, 0.2) is 9.70 Å². The minimum absolute atomic E-state index is 0.0432. The number of ether oxygens (including phenoxy) is 1. The normalized spacial score (nSPS) is 23.7. The predicted octanol–water partition coefficient (Wildman–Crippen LogP) is 1.66. The third kappa shape index (κ3) is 4.54. The molecule has 34 heavy (non-hydrogen) atoms. The van der Waals surface area contributed by atoms with E-state index < -0.39 is 15.9 Å². The van der Waals surface area contributed by atoms with E-state index in [9.17, 15) is 23.3 Å². The molecule has 3 aliphatic rings. The number of morpholine rings is 1. The van der Waals surface area contributed by atoms with E-state index in [1.54, 1.807) is 17.6 Å². The van der Waals surface area contributed by atoms with Gasteiger partial charge in [0, 0.05) is 25.2 Å². The Balaban J connectivity index is 1.84. The van der Waals surface area contributed by atoms with Crippen LogP contribution < -0.4 is 10.5 Å². The quantitative estimate of drug-likeness (QED) is 0.421. The topological polar surface area (TPSA) is 113 Å². The standard InChI is InChI=1S/C22H26N4O5S3/c1-3-5-25-19(24-6-8-31-9-7-24)16(14(2)17(12-23)20(25)27)11-18-21(28)26(22(32)33-18)15-4-10-34(29,30)13-15/h11,15H,3-10,13H2,1-2H3/b18-11+. The number of thioether (sulfide) groups is 1. The molecule has 0 radical (unpaired) electrons. The molecule has 0 aliphatic carbocycles. The smallest absolute Gasteiger partial charge is 0.270 e. The highest BCUT2D eigenvalue weighted by Gasteiger charge is 2.42. The lowest BCUT2D eigenvalue weighted by Crippen LogP contribution is -2.41. The maximum atomic E-state index is 13.3. The average molecular weight is 523 g/mol. The molecule has 182 valence electrons. The van der Waals surface area contributed by atoms with Crippen LogP contribution in [0.2, 0.25) is 0 Å². The second kappa shape index (κ2) is 9.81. The molecule has 12 heteroatoms. The van der Waals surface area contributed by atoms with Gasteiger partial charge in [0.15, 0.2) is 9.84 Å². The van der Waals surface area contributed by atoms with E-state index in [0.717, 1.165) is 11.8 Å². The van der Waals surface area contributed by atoms with Crippen molar-refractivity contribution in [3.8, 4) is 6.07 Å². The summed E-state index contributed by atoms with van der Waals surface area (Å²) >= 11 is 6.57. The van der Waals surface area contributed by atoms with Crippen LogP contribution in [0.4, 0.5) is 5.82 Å². The van der Waals surface area contributed by atoms with E-state index in [4.69, 9.17) is 17.0 Å². The molecular weight excluding hydrogens is 496 g/mol. The number of thiocarbonyl (C=S) groups is 1. The molecule has 3 aliphatic heterocycles. The molecule has 0 bridgehead atoms. The van der Waals surface area contributed by atoms with Gasteiger partial charge in [0.1, 0.15) is 21.8 Å². The Morgan fingerprint density at radius 3 is 2.59 bits per heavy atom. The van der Waals surface area contributed by atoms with E-state index in [1.165, 1.54) is 4.90 Å². The average Bonchev–Trinajstić information content (AvgIpc) is 3.29. The highest BCUT2D eigenvalue weighted by molar-refractivity contribution is 8.26. The van der Waals surface area contributed by atoms with E-state index in [2.05, 4.69) is 4.90 Å². The lowest BCUT2D eigenvalue weighted by Gasteiger charge is -2.33. The number of nitrogens with zero attached hydrogens (tertiary/aromatic N) is 4. The fraction of sp³-hybridized carbons (Fsp3) is 0.545. The number of carbonyl (C=O) groups excluding carboxylic acids is 1. The molecule has 1 atom stereocenters. The highest BCUT2D eigenvalue weighted by Crippen LogP contribution is 2.38. The summed E-state index contributed by atoms with van der Waals surface area (Å²) in [4.78, 5) is 30.3. The zero-order valence-electron chi connectivity index (χ0n) is 19.1. The highest BCUT2D eigenvalue weighted by atomic mass is 32.2. The van der Waals surface area contributed by atoms with E-state index in [0.29, 0.717) is 71.9 Å². The van der Waals surface area contributed by atoms with Crippen molar-refractivity contribution in [3.05, 3.63) is 31.9 Å². The van der Waals surface area contributed by atoms with Gasteiger partial charge in [0.25, 0.3) is 11.5 Å². The summed E-state index contributed by atoms with van der Waals surface area (Å²) in [5.41, 5.74) is 0.847. The van der Waals surface area contributed by atoms with Gasteiger partial charge in [-0.2, -0.15) is 5.26 Å². The second-order valence-corrected chi connectivity index (χ2v) is 12.4. The first-order chi connectivity index (χ1) is 16.2. The molecule has 3 fully saturated rings. The van der Waals surface area contributed by atoms with Crippen LogP contribution in [0, 0.1) is 18.3 Å². The largest absolute Gasteiger partial charge is 0.378 e. The third-order valence-electron chi connectivity index (χ3n) is 6.28. The fourth-order valence-corrected chi connectivity index (χ4v) is 7.68. The molecule has 4 heterocycles. The van der Waals surface area contributed by atoms with Gasteiger partial charge in [-0.1, -0.05) is 30.9 Å². The first kappa shape index (κ1) is 24.9. The van der Waals surface area contributed by atoms with Crippen molar-refractivity contribution in [2.75, 3.05) is 42.7 Å². The first-order valence-electron chi connectivity index (χ1n) is 11.2. The maximum absolute atomic E-state index is 13.3. The van der Waals surface area contributed by atoms with Crippen molar-refractivity contribution in [3.63, 3.8) is 0 Å². The number of nitriles is 1. The fourth-order valence-electron chi connectivity index (χ4n) is 4.60. The Bertz CT molecular complexity index is 1270. The summed E-state index contributed by atoms with van der Waals surface area (Å²) in [6.07, 6.45) is 2.76. The monoisotopic (exact) mass is 522 g/mol. The minimum Gasteiger partial charge on any atom is -0.378 e. The zero-order valence-corrected chi connectivity index (χ0v) is 21.5. The summed E-state index contributed by atoms with van der Waals surface area (Å²) in [5, 5.41) is 9.73. The number of anilines is 1. The summed E-state index contributed by atoms with van der Waals surface area (Å²) in [7, 11) is -3.18. The SMILES string of the molecule is CCCn1c(N2CCOCC2)c(/C=C2/SC(=S)N(C3CCS(=O)(=O)C3)C2=O)c(C)c(C#N)c1=O. The van der Waals surface area contributed by atoms with Crippen LogP contribution in [0.3, 0.4) is 0 Å². The molecule has 0 spiro atoms. The second-order valence-electron chi connectivity index (χ2n) is 8.51.